The monoisotopic (exact) mass is 328 g/mol. The third-order valence-corrected chi connectivity index (χ3v) is 4.74. The molecule has 1 N–H and O–H groups in total. The molecule has 128 valence electrons. The lowest BCUT2D eigenvalue weighted by molar-refractivity contribution is 0.0448. The van der Waals surface area contributed by atoms with Gasteiger partial charge in [-0.15, -0.1) is 5.10 Å². The Hall–Kier alpha value is -2.21. The first kappa shape index (κ1) is 16.6. The molecular formula is C18H24N4O2. The van der Waals surface area contributed by atoms with Gasteiger partial charge >= 0.3 is 0 Å². The van der Waals surface area contributed by atoms with Crippen molar-refractivity contribution in [3.8, 4) is 5.69 Å². The Labute approximate surface area is 142 Å². The van der Waals surface area contributed by atoms with Gasteiger partial charge in [0.1, 0.15) is 0 Å². The number of carbonyl (C=O) groups is 1. The standard InChI is InChI=1S/C18H24N4O2/c1-13-7-9-15(10-8-13)22-12-16(19-20-22)18(24)21(2)11-14-5-3-4-6-17(14)23/h7-10,12,14,17,23H,3-6,11H2,1-2H3. The molecule has 2 atom stereocenters. The number of nitrogens with zero attached hydrogens (tertiary/aromatic N) is 4. The van der Waals surface area contributed by atoms with E-state index in [2.05, 4.69) is 10.3 Å². The van der Waals surface area contributed by atoms with Crippen LogP contribution in [0, 0.1) is 12.8 Å². The summed E-state index contributed by atoms with van der Waals surface area (Å²) in [5.41, 5.74) is 2.36. The van der Waals surface area contributed by atoms with E-state index in [-0.39, 0.29) is 17.9 Å². The predicted molar refractivity (Wildman–Crippen MR) is 91.0 cm³/mol. The van der Waals surface area contributed by atoms with Crippen LogP contribution >= 0.6 is 0 Å². The summed E-state index contributed by atoms with van der Waals surface area (Å²) in [6.45, 7) is 2.58. The number of benzene rings is 1. The minimum Gasteiger partial charge on any atom is -0.393 e. The molecule has 6 heteroatoms. The van der Waals surface area contributed by atoms with Crippen LogP contribution in [0.1, 0.15) is 41.7 Å². The third-order valence-electron chi connectivity index (χ3n) is 4.74. The minimum atomic E-state index is -0.308. The fourth-order valence-corrected chi connectivity index (χ4v) is 3.22. The number of aromatic nitrogens is 3. The number of rotatable bonds is 4. The first-order chi connectivity index (χ1) is 11.5. The topological polar surface area (TPSA) is 71.2 Å². The number of carbonyl (C=O) groups excluding carboxylic acids is 1. The van der Waals surface area contributed by atoms with E-state index in [1.54, 1.807) is 22.8 Å². The normalized spacial score (nSPS) is 20.8. The van der Waals surface area contributed by atoms with Gasteiger partial charge in [-0.25, -0.2) is 4.68 Å². The Bertz CT molecular complexity index is 695. The number of hydrogen-bond acceptors (Lipinski definition) is 4. The van der Waals surface area contributed by atoms with Crippen molar-refractivity contribution in [2.75, 3.05) is 13.6 Å². The van der Waals surface area contributed by atoms with Crippen molar-refractivity contribution < 1.29 is 9.90 Å². The smallest absolute Gasteiger partial charge is 0.275 e. The highest BCUT2D eigenvalue weighted by atomic mass is 16.3. The molecular weight excluding hydrogens is 304 g/mol. The van der Waals surface area contributed by atoms with E-state index in [4.69, 9.17) is 0 Å². The van der Waals surface area contributed by atoms with E-state index < -0.39 is 0 Å². The second-order valence-corrected chi connectivity index (χ2v) is 6.68. The molecule has 1 heterocycles. The Morgan fingerprint density at radius 2 is 2.00 bits per heavy atom. The molecule has 1 aromatic heterocycles. The number of aliphatic hydroxyl groups excluding tert-OH is 1. The van der Waals surface area contributed by atoms with Crippen molar-refractivity contribution in [3.63, 3.8) is 0 Å². The molecule has 1 saturated carbocycles. The Balaban J connectivity index is 1.67. The van der Waals surface area contributed by atoms with Crippen LogP contribution in [0.25, 0.3) is 5.69 Å². The number of amides is 1. The van der Waals surface area contributed by atoms with Crippen LogP contribution in [0.15, 0.2) is 30.5 Å². The molecule has 1 aliphatic rings. The van der Waals surface area contributed by atoms with E-state index >= 15 is 0 Å². The predicted octanol–water partition coefficient (Wildman–Crippen LogP) is 2.20. The fourth-order valence-electron chi connectivity index (χ4n) is 3.22. The van der Waals surface area contributed by atoms with Crippen molar-refractivity contribution >= 4 is 5.91 Å². The zero-order valence-corrected chi connectivity index (χ0v) is 14.2. The summed E-state index contributed by atoms with van der Waals surface area (Å²) in [6.07, 6.45) is 5.33. The Morgan fingerprint density at radius 3 is 2.71 bits per heavy atom. The molecule has 0 saturated heterocycles. The van der Waals surface area contributed by atoms with E-state index in [9.17, 15) is 9.90 Å². The molecule has 1 aliphatic carbocycles. The average Bonchev–Trinajstić information content (AvgIpc) is 3.07. The second-order valence-electron chi connectivity index (χ2n) is 6.68. The maximum absolute atomic E-state index is 12.6. The summed E-state index contributed by atoms with van der Waals surface area (Å²) in [6, 6.07) is 7.88. The van der Waals surface area contributed by atoms with Crippen molar-refractivity contribution in [3.05, 3.63) is 41.7 Å². The lowest BCUT2D eigenvalue weighted by Gasteiger charge is -2.30. The molecule has 1 aromatic carbocycles. The van der Waals surface area contributed by atoms with Crippen LogP contribution in [0.3, 0.4) is 0 Å². The number of hydrogen-bond donors (Lipinski definition) is 1. The summed E-state index contributed by atoms with van der Waals surface area (Å²) in [7, 11) is 1.76. The van der Waals surface area contributed by atoms with Gasteiger partial charge in [0.15, 0.2) is 5.69 Å². The van der Waals surface area contributed by atoms with Gasteiger partial charge in [0.05, 0.1) is 18.0 Å². The number of aryl methyl sites for hydroxylation is 1. The van der Waals surface area contributed by atoms with Gasteiger partial charge in [-0.05, 0) is 31.9 Å². The van der Waals surface area contributed by atoms with Crippen LogP contribution in [-0.4, -0.2) is 50.6 Å². The van der Waals surface area contributed by atoms with E-state index in [1.165, 1.54) is 5.56 Å². The van der Waals surface area contributed by atoms with Crippen LogP contribution in [0.4, 0.5) is 0 Å². The lowest BCUT2D eigenvalue weighted by atomic mass is 9.86. The quantitative estimate of drug-likeness (QED) is 0.934. The van der Waals surface area contributed by atoms with Gasteiger partial charge in [-0.3, -0.25) is 4.79 Å². The maximum atomic E-state index is 12.6. The number of aliphatic hydroxyl groups is 1. The molecule has 24 heavy (non-hydrogen) atoms. The van der Waals surface area contributed by atoms with Gasteiger partial charge in [-0.1, -0.05) is 35.8 Å². The molecule has 1 amide bonds. The van der Waals surface area contributed by atoms with Gasteiger partial charge in [0, 0.05) is 19.5 Å². The van der Waals surface area contributed by atoms with E-state index in [1.807, 2.05) is 31.2 Å². The van der Waals surface area contributed by atoms with Crippen molar-refractivity contribution in [2.24, 2.45) is 5.92 Å². The maximum Gasteiger partial charge on any atom is 0.275 e. The largest absolute Gasteiger partial charge is 0.393 e. The molecule has 0 radical (unpaired) electrons. The molecule has 1 fully saturated rings. The minimum absolute atomic E-state index is 0.153. The summed E-state index contributed by atoms with van der Waals surface area (Å²) in [4.78, 5) is 14.2. The molecule has 0 spiro atoms. The van der Waals surface area contributed by atoms with E-state index in [0.717, 1.165) is 31.4 Å². The van der Waals surface area contributed by atoms with Crippen LogP contribution in [0.5, 0.6) is 0 Å². The first-order valence-electron chi connectivity index (χ1n) is 8.47. The van der Waals surface area contributed by atoms with Crippen molar-refractivity contribution in [1.82, 2.24) is 19.9 Å². The van der Waals surface area contributed by atoms with Crippen LogP contribution in [-0.2, 0) is 0 Å². The zero-order valence-electron chi connectivity index (χ0n) is 14.2. The van der Waals surface area contributed by atoms with Gasteiger partial charge < -0.3 is 10.0 Å². The molecule has 0 aliphatic heterocycles. The highest BCUT2D eigenvalue weighted by Gasteiger charge is 2.26. The summed E-state index contributed by atoms with van der Waals surface area (Å²) in [5, 5.41) is 18.1. The van der Waals surface area contributed by atoms with Crippen LogP contribution < -0.4 is 0 Å². The molecule has 3 rings (SSSR count). The van der Waals surface area contributed by atoms with Gasteiger partial charge in [-0.2, -0.15) is 0 Å². The van der Waals surface area contributed by atoms with Crippen molar-refractivity contribution in [1.29, 1.82) is 0 Å². The van der Waals surface area contributed by atoms with Crippen molar-refractivity contribution in [2.45, 2.75) is 38.7 Å². The highest BCUT2D eigenvalue weighted by molar-refractivity contribution is 5.91. The second kappa shape index (κ2) is 7.13. The summed E-state index contributed by atoms with van der Waals surface area (Å²) >= 11 is 0. The molecule has 2 unspecified atom stereocenters. The molecule has 0 bridgehead atoms. The zero-order chi connectivity index (χ0) is 17.1. The fraction of sp³-hybridized carbons (Fsp3) is 0.500. The lowest BCUT2D eigenvalue weighted by Crippen LogP contribution is -2.38. The highest BCUT2D eigenvalue weighted by Crippen LogP contribution is 2.25. The van der Waals surface area contributed by atoms with Crippen LogP contribution in [0.2, 0.25) is 0 Å². The van der Waals surface area contributed by atoms with E-state index in [0.29, 0.717) is 12.2 Å². The van der Waals surface area contributed by atoms with Gasteiger partial charge in [0.25, 0.3) is 5.91 Å². The summed E-state index contributed by atoms with van der Waals surface area (Å²) < 4.78 is 1.61. The third kappa shape index (κ3) is 3.64. The summed E-state index contributed by atoms with van der Waals surface area (Å²) in [5.74, 6) is -0.00835. The SMILES string of the molecule is Cc1ccc(-n2cc(C(=O)N(C)CC3CCCCC3O)nn2)cc1. The first-order valence-corrected chi connectivity index (χ1v) is 8.47. The molecule has 6 nitrogen and oxygen atoms in total. The van der Waals surface area contributed by atoms with Gasteiger partial charge in [0.2, 0.25) is 0 Å². The average molecular weight is 328 g/mol. The Kier molecular flexibility index (Phi) is 4.94. The Morgan fingerprint density at radius 1 is 1.29 bits per heavy atom. The molecule has 2 aromatic rings.